The smallest absolute Gasteiger partial charge is 0.355 e. The molecule has 0 saturated carbocycles. The average molecular weight is 489 g/mol. The van der Waals surface area contributed by atoms with Crippen LogP contribution in [-0.2, 0) is 18.7 Å². The molecule has 0 atom stereocenters. The number of imidazole rings is 1. The summed E-state index contributed by atoms with van der Waals surface area (Å²) in [6.07, 6.45) is 2.57. The van der Waals surface area contributed by atoms with Crippen LogP contribution in [0.5, 0.6) is 17.2 Å². The first kappa shape index (κ1) is 23.3. The standard InChI is InChI=1S/C24H25ClN2O5S/c1-3-4-5-21-26-23(33-13-15-6-8-17(30-2)9-7-15)22(24(28)29)27(21)12-16-10-19-20(11-18(16)25)32-14-31-19/h6-11H,3-5,12-14H2,1-2H3,(H,28,29). The third-order valence-electron chi connectivity index (χ3n) is 5.38. The Labute approximate surface area is 201 Å². The number of aromatic carboxylic acids is 1. The lowest BCUT2D eigenvalue weighted by Gasteiger charge is -2.12. The van der Waals surface area contributed by atoms with Crippen LogP contribution in [0.15, 0.2) is 41.4 Å². The van der Waals surface area contributed by atoms with Gasteiger partial charge in [0.2, 0.25) is 6.79 Å². The van der Waals surface area contributed by atoms with Crippen molar-refractivity contribution in [3.63, 3.8) is 0 Å². The molecule has 174 valence electrons. The zero-order valence-corrected chi connectivity index (χ0v) is 20.0. The van der Waals surface area contributed by atoms with Gasteiger partial charge >= 0.3 is 5.97 Å². The molecule has 0 spiro atoms. The molecule has 1 aliphatic heterocycles. The van der Waals surface area contributed by atoms with Crippen molar-refractivity contribution in [3.05, 3.63) is 64.1 Å². The van der Waals surface area contributed by atoms with Gasteiger partial charge in [-0.15, -0.1) is 0 Å². The molecule has 0 aliphatic carbocycles. The Morgan fingerprint density at radius 1 is 1.24 bits per heavy atom. The Hall–Kier alpha value is -2.84. The topological polar surface area (TPSA) is 82.8 Å². The first-order valence-electron chi connectivity index (χ1n) is 10.7. The van der Waals surface area contributed by atoms with Crippen LogP contribution in [0.2, 0.25) is 5.02 Å². The van der Waals surface area contributed by atoms with Gasteiger partial charge in [-0.1, -0.05) is 48.8 Å². The molecule has 1 aliphatic rings. The second kappa shape index (κ2) is 10.4. The number of carboxylic acids is 1. The van der Waals surface area contributed by atoms with E-state index in [-0.39, 0.29) is 19.0 Å². The van der Waals surface area contributed by atoms with E-state index in [1.807, 2.05) is 30.3 Å². The maximum atomic E-state index is 12.3. The molecule has 0 saturated heterocycles. The molecule has 2 aromatic carbocycles. The van der Waals surface area contributed by atoms with E-state index < -0.39 is 5.97 Å². The van der Waals surface area contributed by atoms with Gasteiger partial charge in [-0.05, 0) is 35.7 Å². The lowest BCUT2D eigenvalue weighted by Crippen LogP contribution is -2.13. The highest BCUT2D eigenvalue weighted by atomic mass is 35.5. The fourth-order valence-corrected chi connectivity index (χ4v) is 4.82. The number of rotatable bonds is 10. The molecule has 0 fully saturated rings. The molecule has 2 heterocycles. The highest BCUT2D eigenvalue weighted by Crippen LogP contribution is 2.38. The molecule has 4 rings (SSSR count). The summed E-state index contributed by atoms with van der Waals surface area (Å²) in [6, 6.07) is 11.2. The van der Waals surface area contributed by atoms with Gasteiger partial charge in [-0.3, -0.25) is 0 Å². The van der Waals surface area contributed by atoms with Crippen molar-refractivity contribution in [1.82, 2.24) is 9.55 Å². The predicted molar refractivity (Wildman–Crippen MR) is 127 cm³/mol. The molecule has 1 N–H and O–H groups in total. The Bertz CT molecular complexity index is 1150. The van der Waals surface area contributed by atoms with Crippen LogP contribution in [0.25, 0.3) is 0 Å². The Balaban J connectivity index is 1.66. The minimum absolute atomic E-state index is 0.147. The van der Waals surface area contributed by atoms with Crippen molar-refractivity contribution in [2.24, 2.45) is 0 Å². The number of aromatic nitrogens is 2. The van der Waals surface area contributed by atoms with E-state index in [2.05, 4.69) is 6.92 Å². The molecule has 1 aromatic heterocycles. The summed E-state index contributed by atoms with van der Waals surface area (Å²) < 4.78 is 17.8. The van der Waals surface area contributed by atoms with Crippen molar-refractivity contribution in [1.29, 1.82) is 0 Å². The number of thioether (sulfide) groups is 1. The summed E-state index contributed by atoms with van der Waals surface area (Å²) in [6.45, 7) is 2.53. The Morgan fingerprint density at radius 2 is 1.97 bits per heavy atom. The second-order valence-corrected chi connectivity index (χ2v) is 8.98. The number of carbonyl (C=O) groups is 1. The maximum absolute atomic E-state index is 12.3. The number of methoxy groups -OCH3 is 1. The Kier molecular flexibility index (Phi) is 7.35. The van der Waals surface area contributed by atoms with Crippen molar-refractivity contribution < 1.29 is 24.1 Å². The molecule has 0 bridgehead atoms. The first-order valence-corrected chi connectivity index (χ1v) is 12.0. The number of unbranched alkanes of at least 4 members (excludes halogenated alkanes) is 1. The zero-order valence-electron chi connectivity index (χ0n) is 18.5. The van der Waals surface area contributed by atoms with Gasteiger partial charge < -0.3 is 23.9 Å². The Morgan fingerprint density at radius 3 is 2.64 bits per heavy atom. The van der Waals surface area contributed by atoms with Crippen molar-refractivity contribution >= 4 is 29.3 Å². The summed E-state index contributed by atoms with van der Waals surface area (Å²) in [4.78, 5) is 17.1. The largest absolute Gasteiger partial charge is 0.497 e. The van der Waals surface area contributed by atoms with Crippen LogP contribution >= 0.6 is 23.4 Å². The molecule has 3 aromatic rings. The molecular formula is C24H25ClN2O5S. The zero-order chi connectivity index (χ0) is 23.4. The van der Waals surface area contributed by atoms with E-state index in [0.29, 0.717) is 33.7 Å². The van der Waals surface area contributed by atoms with Crippen LogP contribution < -0.4 is 14.2 Å². The molecule has 9 heteroatoms. The third kappa shape index (κ3) is 5.23. The van der Waals surface area contributed by atoms with Gasteiger partial charge in [0, 0.05) is 23.3 Å². The average Bonchev–Trinajstić information content (AvgIpc) is 3.40. The lowest BCUT2D eigenvalue weighted by molar-refractivity contribution is 0.0681. The van der Waals surface area contributed by atoms with Gasteiger partial charge in [-0.2, -0.15) is 0 Å². The number of fused-ring (bicyclic) bond motifs is 1. The molecule has 33 heavy (non-hydrogen) atoms. The summed E-state index contributed by atoms with van der Waals surface area (Å²) >= 11 is 7.90. The van der Waals surface area contributed by atoms with Crippen molar-refractivity contribution in [2.75, 3.05) is 13.9 Å². The van der Waals surface area contributed by atoms with Crippen LogP contribution in [0.4, 0.5) is 0 Å². The molecule has 0 unspecified atom stereocenters. The molecule has 0 amide bonds. The fourth-order valence-electron chi connectivity index (χ4n) is 3.60. The van der Waals surface area contributed by atoms with Crippen LogP contribution in [0.1, 0.15) is 47.2 Å². The first-order chi connectivity index (χ1) is 16.0. The summed E-state index contributed by atoms with van der Waals surface area (Å²) in [7, 11) is 1.62. The van der Waals surface area contributed by atoms with Crippen molar-refractivity contribution in [3.8, 4) is 17.2 Å². The highest BCUT2D eigenvalue weighted by Gasteiger charge is 2.25. The number of benzene rings is 2. The summed E-state index contributed by atoms with van der Waals surface area (Å²) in [5, 5.41) is 11.1. The minimum Gasteiger partial charge on any atom is -0.497 e. The summed E-state index contributed by atoms with van der Waals surface area (Å²) in [5.74, 6) is 2.30. The van der Waals surface area contributed by atoms with E-state index in [9.17, 15) is 9.90 Å². The molecule has 0 radical (unpaired) electrons. The van der Waals surface area contributed by atoms with Crippen molar-refractivity contribution in [2.45, 2.75) is 43.5 Å². The maximum Gasteiger partial charge on any atom is 0.355 e. The van der Waals surface area contributed by atoms with Gasteiger partial charge in [0.15, 0.2) is 17.2 Å². The quantitative estimate of drug-likeness (QED) is 0.369. The van der Waals surface area contributed by atoms with E-state index in [4.69, 9.17) is 30.8 Å². The van der Waals surface area contributed by atoms with E-state index in [1.54, 1.807) is 17.7 Å². The van der Waals surface area contributed by atoms with E-state index in [0.717, 1.165) is 35.5 Å². The number of nitrogens with zero attached hydrogens (tertiary/aromatic N) is 2. The van der Waals surface area contributed by atoms with E-state index in [1.165, 1.54) is 11.8 Å². The fraction of sp³-hybridized carbons (Fsp3) is 0.333. The number of hydrogen-bond donors (Lipinski definition) is 1. The lowest BCUT2D eigenvalue weighted by atomic mass is 10.2. The van der Waals surface area contributed by atoms with Crippen LogP contribution in [0.3, 0.4) is 0 Å². The number of halogens is 1. The normalized spacial score (nSPS) is 12.2. The molecule has 7 nitrogen and oxygen atoms in total. The SMILES string of the molecule is CCCCc1nc(SCc2ccc(OC)cc2)c(C(=O)O)n1Cc1cc2c(cc1Cl)OCO2. The molecular weight excluding hydrogens is 464 g/mol. The highest BCUT2D eigenvalue weighted by molar-refractivity contribution is 7.98. The third-order valence-corrected chi connectivity index (χ3v) is 6.76. The van der Waals surface area contributed by atoms with Gasteiger partial charge in [0.25, 0.3) is 0 Å². The van der Waals surface area contributed by atoms with Gasteiger partial charge in [0.1, 0.15) is 16.6 Å². The second-order valence-electron chi connectivity index (χ2n) is 7.61. The predicted octanol–water partition coefficient (Wildman–Crippen LogP) is 5.66. The summed E-state index contributed by atoms with van der Waals surface area (Å²) in [5.41, 5.74) is 1.99. The number of hydrogen-bond acceptors (Lipinski definition) is 6. The number of aryl methyl sites for hydroxylation is 1. The minimum atomic E-state index is -1.01. The number of ether oxygens (including phenoxy) is 3. The van der Waals surface area contributed by atoms with Gasteiger partial charge in [0.05, 0.1) is 13.7 Å². The van der Waals surface area contributed by atoms with Crippen LogP contribution in [-0.4, -0.2) is 34.5 Å². The monoisotopic (exact) mass is 488 g/mol. The number of carboxylic acid groups (broad SMARTS) is 1. The van der Waals surface area contributed by atoms with Crippen LogP contribution in [0, 0.1) is 0 Å². The van der Waals surface area contributed by atoms with E-state index >= 15 is 0 Å². The van der Waals surface area contributed by atoms with Gasteiger partial charge in [-0.25, -0.2) is 9.78 Å².